The average molecular weight is 321 g/mol. The Bertz CT molecular complexity index is 763. The smallest absolute Gasteiger partial charge is 0.248 e. The fourth-order valence-corrected chi connectivity index (χ4v) is 1.99. The first-order valence-electron chi connectivity index (χ1n) is 7.24. The van der Waals surface area contributed by atoms with Crippen LogP contribution in [0.15, 0.2) is 67.1 Å². The standard InChI is InChI=1S/C17H13N5O2/c23-16(21-14-5-1-3-9-18-14)12-7-8-13(20-11-12)17(24)22-15-6-2-4-10-19-15/h1-11H,(H,18,21,23)(H,19,22,24)/p+2. The molecule has 3 aromatic heterocycles. The van der Waals surface area contributed by atoms with Crippen molar-refractivity contribution in [2.75, 3.05) is 10.6 Å². The second kappa shape index (κ2) is 7.10. The number of amides is 2. The SMILES string of the molecule is O=C(Nc1cccc[nH+]1)c1ccc(C(=O)Nc2cccc[nH+]2)nc1. The third-order valence-corrected chi connectivity index (χ3v) is 3.17. The van der Waals surface area contributed by atoms with E-state index in [9.17, 15) is 9.59 Å². The molecule has 0 aromatic carbocycles. The number of H-pyrrole nitrogens is 2. The Morgan fingerprint density at radius 3 is 1.92 bits per heavy atom. The number of pyridine rings is 3. The minimum absolute atomic E-state index is 0.218. The molecule has 0 saturated carbocycles. The van der Waals surface area contributed by atoms with Crippen LogP contribution in [0.3, 0.4) is 0 Å². The van der Waals surface area contributed by atoms with Gasteiger partial charge in [0.25, 0.3) is 11.6 Å². The van der Waals surface area contributed by atoms with Gasteiger partial charge in [-0.05, 0) is 24.3 Å². The first kappa shape index (κ1) is 15.3. The third-order valence-electron chi connectivity index (χ3n) is 3.17. The highest BCUT2D eigenvalue weighted by Gasteiger charge is 2.17. The summed E-state index contributed by atoms with van der Waals surface area (Å²) in [6, 6.07) is 13.8. The van der Waals surface area contributed by atoms with Crippen LogP contribution in [0.4, 0.5) is 11.6 Å². The zero-order chi connectivity index (χ0) is 16.8. The molecule has 3 aromatic rings. The van der Waals surface area contributed by atoms with Gasteiger partial charge >= 0.3 is 11.8 Å². The number of rotatable bonds is 4. The van der Waals surface area contributed by atoms with E-state index in [0.29, 0.717) is 17.2 Å². The molecule has 118 valence electrons. The highest BCUT2D eigenvalue weighted by atomic mass is 16.2. The summed E-state index contributed by atoms with van der Waals surface area (Å²) < 4.78 is 0. The number of hydrogen-bond acceptors (Lipinski definition) is 3. The van der Waals surface area contributed by atoms with Crippen LogP contribution in [0.25, 0.3) is 0 Å². The van der Waals surface area contributed by atoms with Crippen LogP contribution < -0.4 is 20.6 Å². The van der Waals surface area contributed by atoms with Crippen LogP contribution >= 0.6 is 0 Å². The summed E-state index contributed by atoms with van der Waals surface area (Å²) in [6.45, 7) is 0. The molecule has 4 N–H and O–H groups in total. The van der Waals surface area contributed by atoms with Crippen molar-refractivity contribution in [3.05, 3.63) is 78.4 Å². The Hall–Kier alpha value is -3.61. The molecule has 3 heterocycles. The van der Waals surface area contributed by atoms with E-state index in [1.54, 1.807) is 42.7 Å². The number of nitrogens with one attached hydrogen (secondary N) is 4. The number of carbonyl (C=O) groups is 2. The van der Waals surface area contributed by atoms with E-state index in [4.69, 9.17) is 0 Å². The molecule has 7 nitrogen and oxygen atoms in total. The van der Waals surface area contributed by atoms with Crippen LogP contribution in [0.5, 0.6) is 0 Å². The average Bonchev–Trinajstić information content (AvgIpc) is 2.63. The first-order chi connectivity index (χ1) is 11.7. The van der Waals surface area contributed by atoms with Gasteiger partial charge in [0.15, 0.2) is 5.69 Å². The maximum absolute atomic E-state index is 12.1. The monoisotopic (exact) mass is 321 g/mol. The van der Waals surface area contributed by atoms with Crippen molar-refractivity contribution in [3.63, 3.8) is 0 Å². The number of anilines is 2. The Kier molecular flexibility index (Phi) is 4.52. The molecule has 0 fully saturated rings. The zero-order valence-corrected chi connectivity index (χ0v) is 12.6. The maximum Gasteiger partial charge on any atom is 0.357 e. The second-order valence-corrected chi connectivity index (χ2v) is 4.89. The topological polar surface area (TPSA) is 99.4 Å². The first-order valence-corrected chi connectivity index (χ1v) is 7.24. The van der Waals surface area contributed by atoms with Crippen LogP contribution in [-0.2, 0) is 0 Å². The van der Waals surface area contributed by atoms with Gasteiger partial charge in [0.05, 0.1) is 18.0 Å². The number of aromatic amines is 2. The largest absolute Gasteiger partial charge is 0.357 e. The number of hydrogen-bond donors (Lipinski definition) is 2. The van der Waals surface area contributed by atoms with Gasteiger partial charge in [-0.25, -0.2) is 35.2 Å². The molecular formula is C17H15N5O2+2. The summed E-state index contributed by atoms with van der Waals surface area (Å²) in [6.07, 6.45) is 4.78. The van der Waals surface area contributed by atoms with Gasteiger partial charge in [0.2, 0.25) is 0 Å². The molecule has 0 aliphatic carbocycles. The molecular weight excluding hydrogens is 306 g/mol. The zero-order valence-electron chi connectivity index (χ0n) is 12.6. The molecule has 0 bridgehead atoms. The van der Waals surface area contributed by atoms with Gasteiger partial charge in [0, 0.05) is 18.3 Å². The lowest BCUT2D eigenvalue weighted by atomic mass is 10.2. The van der Waals surface area contributed by atoms with E-state index in [1.165, 1.54) is 12.3 Å². The van der Waals surface area contributed by atoms with Crippen molar-refractivity contribution in [2.45, 2.75) is 0 Å². The molecule has 0 unspecified atom stereocenters. The van der Waals surface area contributed by atoms with E-state index >= 15 is 0 Å². The van der Waals surface area contributed by atoms with Crippen molar-refractivity contribution in [3.8, 4) is 0 Å². The van der Waals surface area contributed by atoms with E-state index in [2.05, 4.69) is 25.6 Å². The minimum Gasteiger partial charge on any atom is -0.248 e. The van der Waals surface area contributed by atoms with Gasteiger partial charge in [0.1, 0.15) is 0 Å². The van der Waals surface area contributed by atoms with E-state index < -0.39 is 0 Å². The van der Waals surface area contributed by atoms with Gasteiger partial charge in [-0.1, -0.05) is 12.1 Å². The molecule has 2 amide bonds. The van der Waals surface area contributed by atoms with Crippen molar-refractivity contribution >= 4 is 23.5 Å². The summed E-state index contributed by atoms with van der Waals surface area (Å²) >= 11 is 0. The Labute approximate surface area is 137 Å². The van der Waals surface area contributed by atoms with E-state index in [1.807, 2.05) is 12.1 Å². The molecule has 0 radical (unpaired) electrons. The Morgan fingerprint density at radius 1 is 0.792 bits per heavy atom. The third kappa shape index (κ3) is 3.77. The lowest BCUT2D eigenvalue weighted by Gasteiger charge is -2.00. The minimum atomic E-state index is -0.360. The van der Waals surface area contributed by atoms with E-state index in [-0.39, 0.29) is 17.5 Å². The van der Waals surface area contributed by atoms with Gasteiger partial charge in [-0.3, -0.25) is 0 Å². The van der Waals surface area contributed by atoms with Crippen LogP contribution in [0.2, 0.25) is 0 Å². The molecule has 0 aliphatic heterocycles. The van der Waals surface area contributed by atoms with Crippen LogP contribution in [0, 0.1) is 0 Å². The summed E-state index contributed by atoms with van der Waals surface area (Å²) in [5.41, 5.74) is 0.574. The molecule has 7 heteroatoms. The van der Waals surface area contributed by atoms with Crippen LogP contribution in [-0.4, -0.2) is 16.8 Å². The number of aromatic nitrogens is 3. The molecule has 3 rings (SSSR count). The molecule has 0 atom stereocenters. The number of nitrogens with zero attached hydrogens (tertiary/aromatic N) is 1. The lowest BCUT2D eigenvalue weighted by Crippen LogP contribution is -2.21. The predicted molar refractivity (Wildman–Crippen MR) is 86.1 cm³/mol. The quantitative estimate of drug-likeness (QED) is 0.755. The van der Waals surface area contributed by atoms with Gasteiger partial charge in [-0.15, -0.1) is 0 Å². The highest BCUT2D eigenvalue weighted by Crippen LogP contribution is 2.06. The van der Waals surface area contributed by atoms with Crippen LogP contribution in [0.1, 0.15) is 20.8 Å². The summed E-state index contributed by atoms with van der Waals surface area (Å²) in [5.74, 6) is 0.462. The molecule has 24 heavy (non-hydrogen) atoms. The second-order valence-electron chi connectivity index (χ2n) is 4.89. The molecule has 0 saturated heterocycles. The van der Waals surface area contributed by atoms with E-state index in [0.717, 1.165) is 0 Å². The fraction of sp³-hybridized carbons (Fsp3) is 0. The summed E-state index contributed by atoms with van der Waals surface area (Å²) in [5, 5.41) is 5.39. The van der Waals surface area contributed by atoms with Crippen molar-refractivity contribution < 1.29 is 19.6 Å². The van der Waals surface area contributed by atoms with Gasteiger partial charge in [-0.2, -0.15) is 0 Å². The van der Waals surface area contributed by atoms with Crippen molar-refractivity contribution in [1.29, 1.82) is 0 Å². The van der Waals surface area contributed by atoms with Gasteiger partial charge < -0.3 is 0 Å². The maximum atomic E-state index is 12.1. The van der Waals surface area contributed by atoms with Crippen molar-refractivity contribution in [1.82, 2.24) is 4.98 Å². The Morgan fingerprint density at radius 2 is 1.42 bits per heavy atom. The normalized spacial score (nSPS) is 10.0. The lowest BCUT2D eigenvalue weighted by molar-refractivity contribution is -0.361. The van der Waals surface area contributed by atoms with Crippen molar-refractivity contribution in [2.24, 2.45) is 0 Å². The summed E-state index contributed by atoms with van der Waals surface area (Å²) in [4.78, 5) is 34.0. The highest BCUT2D eigenvalue weighted by molar-refractivity contribution is 6.05. The fourth-order valence-electron chi connectivity index (χ4n) is 1.99. The molecule has 0 aliphatic rings. The Balaban J connectivity index is 1.66. The number of carbonyl (C=O) groups excluding carboxylic acids is 2. The predicted octanol–water partition coefficient (Wildman–Crippen LogP) is 1.21. The summed E-state index contributed by atoms with van der Waals surface area (Å²) in [7, 11) is 0. The molecule has 0 spiro atoms.